The Hall–Kier alpha value is -2.41. The molecule has 0 radical (unpaired) electrons. The van der Waals surface area contributed by atoms with Crippen LogP contribution in [0.1, 0.15) is 21.6 Å². The summed E-state index contributed by atoms with van der Waals surface area (Å²) in [5.74, 6) is -0.611. The molecule has 0 aliphatic rings. The summed E-state index contributed by atoms with van der Waals surface area (Å²) in [6, 6.07) is 8.21. The Labute approximate surface area is 118 Å². The van der Waals surface area contributed by atoms with Crippen LogP contribution in [0.2, 0.25) is 0 Å². The average Bonchev–Trinajstić information content (AvgIpc) is 2.47. The maximum atomic E-state index is 12.4. The summed E-state index contributed by atoms with van der Waals surface area (Å²) < 4.78 is 37.1. The van der Waals surface area contributed by atoms with Crippen LogP contribution in [0.15, 0.2) is 42.6 Å². The average molecular weight is 296 g/mol. The highest BCUT2D eigenvalue weighted by Crippen LogP contribution is 2.28. The number of nitrogens with zero attached hydrogens (tertiary/aromatic N) is 1. The summed E-state index contributed by atoms with van der Waals surface area (Å²) in [6.45, 7) is -0.116. The van der Waals surface area contributed by atoms with Gasteiger partial charge in [-0.2, -0.15) is 13.2 Å². The van der Waals surface area contributed by atoms with E-state index < -0.39 is 17.6 Å². The molecule has 0 saturated heterocycles. The van der Waals surface area contributed by atoms with Gasteiger partial charge in [-0.25, -0.2) is 0 Å². The number of anilines is 1. The highest BCUT2D eigenvalue weighted by atomic mass is 19.4. The van der Waals surface area contributed by atoms with E-state index in [1.54, 1.807) is 24.3 Å². The number of aromatic nitrogens is 1. The topological polar surface area (TPSA) is 62.2 Å². The molecule has 110 valence electrons. The van der Waals surface area contributed by atoms with Crippen LogP contribution in [0.25, 0.3) is 0 Å². The second kappa shape index (κ2) is 5.92. The number of hydrogen-bond acceptors (Lipinski definition) is 3. The third-order valence-corrected chi connectivity index (χ3v) is 2.72. The van der Waals surface area contributed by atoms with Gasteiger partial charge < -0.3 is 10.4 Å². The fourth-order valence-corrected chi connectivity index (χ4v) is 1.58. The number of carbonyl (C=O) groups excluding carboxylic acids is 1. The molecule has 0 aliphatic carbocycles. The molecule has 2 N–H and O–H groups in total. The quantitative estimate of drug-likeness (QED) is 0.915. The smallest absolute Gasteiger partial charge is 0.392 e. The predicted molar refractivity (Wildman–Crippen MR) is 69.6 cm³/mol. The van der Waals surface area contributed by atoms with Crippen LogP contribution in [0.4, 0.5) is 18.9 Å². The highest BCUT2D eigenvalue weighted by Gasteiger charge is 2.30. The molecule has 0 fully saturated rings. The Morgan fingerprint density at radius 1 is 1.14 bits per heavy atom. The molecule has 1 heterocycles. The summed E-state index contributed by atoms with van der Waals surface area (Å²) in [4.78, 5) is 15.3. The molecular formula is C14H11F3N2O2. The van der Waals surface area contributed by atoms with Crippen molar-refractivity contribution < 1.29 is 23.1 Å². The largest absolute Gasteiger partial charge is 0.417 e. The fourth-order valence-electron chi connectivity index (χ4n) is 1.58. The number of carbonyl (C=O) groups is 1. The van der Waals surface area contributed by atoms with E-state index in [0.29, 0.717) is 17.4 Å². The number of hydrogen-bond donors (Lipinski definition) is 2. The first-order valence-electron chi connectivity index (χ1n) is 5.94. The number of benzene rings is 1. The van der Waals surface area contributed by atoms with Crippen LogP contribution in [0.5, 0.6) is 0 Å². The molecule has 0 aliphatic heterocycles. The molecule has 1 aromatic carbocycles. The van der Waals surface area contributed by atoms with Crippen LogP contribution < -0.4 is 5.32 Å². The van der Waals surface area contributed by atoms with Gasteiger partial charge >= 0.3 is 6.18 Å². The summed E-state index contributed by atoms with van der Waals surface area (Å²) in [5, 5.41) is 11.4. The lowest BCUT2D eigenvalue weighted by Crippen LogP contribution is -2.14. The molecule has 0 unspecified atom stereocenters. The molecule has 21 heavy (non-hydrogen) atoms. The third kappa shape index (κ3) is 3.79. The Bertz CT molecular complexity index is 622. The number of alkyl halides is 3. The zero-order chi connectivity index (χ0) is 15.5. The zero-order valence-electron chi connectivity index (χ0n) is 10.7. The standard InChI is InChI=1S/C14H11F3N2O2/c15-14(16,17)10-3-6-12(18-7-10)13(21)19-11-4-1-9(8-20)2-5-11/h1-7,20H,8H2,(H,19,21). The highest BCUT2D eigenvalue weighted by molar-refractivity contribution is 6.02. The summed E-state index contributed by atoms with van der Waals surface area (Å²) in [5.41, 5.74) is 0.111. The number of amides is 1. The molecule has 7 heteroatoms. The normalized spacial score (nSPS) is 11.2. The lowest BCUT2D eigenvalue weighted by molar-refractivity contribution is -0.137. The summed E-state index contributed by atoms with van der Waals surface area (Å²) >= 11 is 0. The van der Waals surface area contributed by atoms with Crippen molar-refractivity contribution in [3.8, 4) is 0 Å². The van der Waals surface area contributed by atoms with Crippen molar-refractivity contribution in [3.05, 3.63) is 59.4 Å². The number of halogens is 3. The number of aliphatic hydroxyl groups is 1. The van der Waals surface area contributed by atoms with Gasteiger partial charge in [0, 0.05) is 11.9 Å². The molecule has 0 saturated carbocycles. The van der Waals surface area contributed by atoms with Gasteiger partial charge in [0.1, 0.15) is 5.69 Å². The van der Waals surface area contributed by atoms with E-state index in [-0.39, 0.29) is 12.3 Å². The molecule has 0 bridgehead atoms. The second-order valence-electron chi connectivity index (χ2n) is 4.24. The molecule has 0 atom stereocenters. The second-order valence-corrected chi connectivity index (χ2v) is 4.24. The van der Waals surface area contributed by atoms with Gasteiger partial charge in [-0.1, -0.05) is 12.1 Å². The number of aliphatic hydroxyl groups excluding tert-OH is 1. The summed E-state index contributed by atoms with van der Waals surface area (Å²) in [7, 11) is 0. The van der Waals surface area contributed by atoms with Crippen LogP contribution in [0.3, 0.4) is 0 Å². The van der Waals surface area contributed by atoms with E-state index in [9.17, 15) is 18.0 Å². The van der Waals surface area contributed by atoms with Gasteiger partial charge in [-0.3, -0.25) is 9.78 Å². The van der Waals surface area contributed by atoms with E-state index in [4.69, 9.17) is 5.11 Å². The first-order valence-corrected chi connectivity index (χ1v) is 5.94. The first kappa shape index (κ1) is 15.0. The van der Waals surface area contributed by atoms with Gasteiger partial charge in [0.15, 0.2) is 0 Å². The maximum Gasteiger partial charge on any atom is 0.417 e. The van der Waals surface area contributed by atoms with Crippen LogP contribution in [-0.2, 0) is 12.8 Å². The van der Waals surface area contributed by atoms with E-state index in [1.165, 1.54) is 0 Å². The van der Waals surface area contributed by atoms with Gasteiger partial charge in [0.2, 0.25) is 0 Å². The molecule has 2 aromatic rings. The molecule has 1 amide bonds. The van der Waals surface area contributed by atoms with Crippen molar-refractivity contribution in [2.75, 3.05) is 5.32 Å². The number of nitrogens with one attached hydrogen (secondary N) is 1. The van der Waals surface area contributed by atoms with Crippen molar-refractivity contribution in [2.45, 2.75) is 12.8 Å². The van der Waals surface area contributed by atoms with Crippen molar-refractivity contribution in [3.63, 3.8) is 0 Å². The lowest BCUT2D eigenvalue weighted by Gasteiger charge is -2.08. The van der Waals surface area contributed by atoms with Crippen LogP contribution in [-0.4, -0.2) is 16.0 Å². The number of rotatable bonds is 3. The van der Waals surface area contributed by atoms with E-state index in [1.807, 2.05) is 0 Å². The Balaban J connectivity index is 2.09. The monoisotopic (exact) mass is 296 g/mol. The van der Waals surface area contributed by atoms with Crippen molar-refractivity contribution in [2.24, 2.45) is 0 Å². The van der Waals surface area contributed by atoms with E-state index in [0.717, 1.165) is 12.1 Å². The minimum Gasteiger partial charge on any atom is -0.392 e. The van der Waals surface area contributed by atoms with Crippen molar-refractivity contribution in [1.29, 1.82) is 0 Å². The molecule has 4 nitrogen and oxygen atoms in total. The van der Waals surface area contributed by atoms with Crippen LogP contribution >= 0.6 is 0 Å². The fraction of sp³-hybridized carbons (Fsp3) is 0.143. The lowest BCUT2D eigenvalue weighted by atomic mass is 10.2. The molecular weight excluding hydrogens is 285 g/mol. The van der Waals surface area contributed by atoms with Gasteiger partial charge in [-0.15, -0.1) is 0 Å². The minimum atomic E-state index is -4.48. The van der Waals surface area contributed by atoms with Gasteiger partial charge in [0.25, 0.3) is 5.91 Å². The SMILES string of the molecule is O=C(Nc1ccc(CO)cc1)c1ccc(C(F)(F)F)cn1. The predicted octanol–water partition coefficient (Wildman–Crippen LogP) is 2.85. The Morgan fingerprint density at radius 2 is 1.81 bits per heavy atom. The Morgan fingerprint density at radius 3 is 2.29 bits per heavy atom. The van der Waals surface area contributed by atoms with Crippen molar-refractivity contribution >= 4 is 11.6 Å². The van der Waals surface area contributed by atoms with Gasteiger partial charge in [0.05, 0.1) is 12.2 Å². The van der Waals surface area contributed by atoms with E-state index in [2.05, 4.69) is 10.3 Å². The minimum absolute atomic E-state index is 0.116. The molecule has 2 rings (SSSR count). The third-order valence-electron chi connectivity index (χ3n) is 2.72. The van der Waals surface area contributed by atoms with Crippen LogP contribution in [0, 0.1) is 0 Å². The molecule has 0 spiro atoms. The first-order chi connectivity index (χ1) is 9.90. The van der Waals surface area contributed by atoms with Crippen molar-refractivity contribution in [1.82, 2.24) is 4.98 Å². The summed E-state index contributed by atoms with van der Waals surface area (Å²) in [6.07, 6.45) is -3.87. The van der Waals surface area contributed by atoms with E-state index >= 15 is 0 Å². The van der Waals surface area contributed by atoms with Gasteiger partial charge in [-0.05, 0) is 29.8 Å². The zero-order valence-corrected chi connectivity index (χ0v) is 10.7. The molecule has 1 aromatic heterocycles. The maximum absolute atomic E-state index is 12.4. The Kier molecular flexibility index (Phi) is 4.23. The number of pyridine rings is 1.